The molecule has 6 nitrogen and oxygen atoms in total. The van der Waals surface area contributed by atoms with Gasteiger partial charge in [0.2, 0.25) is 5.91 Å². The van der Waals surface area contributed by atoms with Crippen molar-refractivity contribution in [2.75, 3.05) is 32.7 Å². The second-order valence-electron chi connectivity index (χ2n) is 5.02. The maximum absolute atomic E-state index is 12.0. The SMILES string of the molecule is CCC(CC)(NC(=O)CN1CCCNCC1)C(=O)O. The average Bonchev–Trinajstić information content (AvgIpc) is 2.64. The van der Waals surface area contributed by atoms with Crippen LogP contribution in [0.25, 0.3) is 0 Å². The van der Waals surface area contributed by atoms with E-state index in [0.29, 0.717) is 12.8 Å². The molecule has 1 saturated heterocycles. The van der Waals surface area contributed by atoms with Crippen LogP contribution in [0.1, 0.15) is 33.1 Å². The zero-order valence-corrected chi connectivity index (χ0v) is 11.9. The lowest BCUT2D eigenvalue weighted by Crippen LogP contribution is -2.56. The lowest BCUT2D eigenvalue weighted by molar-refractivity contribution is -0.148. The van der Waals surface area contributed by atoms with E-state index in [2.05, 4.69) is 15.5 Å². The lowest BCUT2D eigenvalue weighted by Gasteiger charge is -2.29. The number of carbonyl (C=O) groups excluding carboxylic acids is 1. The first kappa shape index (κ1) is 15.9. The van der Waals surface area contributed by atoms with E-state index in [1.807, 2.05) is 0 Å². The first-order valence-electron chi connectivity index (χ1n) is 7.01. The second-order valence-corrected chi connectivity index (χ2v) is 5.02. The van der Waals surface area contributed by atoms with Crippen LogP contribution in [0.2, 0.25) is 0 Å². The Morgan fingerprint density at radius 1 is 1.26 bits per heavy atom. The van der Waals surface area contributed by atoms with Gasteiger partial charge >= 0.3 is 5.97 Å². The minimum atomic E-state index is -1.12. The molecule has 0 aromatic heterocycles. The summed E-state index contributed by atoms with van der Waals surface area (Å²) in [7, 11) is 0. The fraction of sp³-hybridized carbons (Fsp3) is 0.846. The molecule has 1 aliphatic heterocycles. The van der Waals surface area contributed by atoms with Gasteiger partial charge in [0.15, 0.2) is 0 Å². The van der Waals surface area contributed by atoms with Crippen LogP contribution in [0.4, 0.5) is 0 Å². The molecule has 0 aromatic carbocycles. The Labute approximate surface area is 114 Å². The van der Waals surface area contributed by atoms with E-state index < -0.39 is 11.5 Å². The summed E-state index contributed by atoms with van der Waals surface area (Å²) >= 11 is 0. The van der Waals surface area contributed by atoms with E-state index in [1.165, 1.54) is 0 Å². The van der Waals surface area contributed by atoms with Crippen LogP contribution in [0, 0.1) is 0 Å². The summed E-state index contributed by atoms with van der Waals surface area (Å²) in [6, 6.07) is 0. The highest BCUT2D eigenvalue weighted by Crippen LogP contribution is 2.15. The zero-order valence-electron chi connectivity index (χ0n) is 11.9. The van der Waals surface area contributed by atoms with E-state index in [4.69, 9.17) is 0 Å². The number of hydrogen-bond donors (Lipinski definition) is 3. The molecule has 0 bridgehead atoms. The molecule has 0 atom stereocenters. The van der Waals surface area contributed by atoms with Gasteiger partial charge in [-0.25, -0.2) is 4.79 Å². The smallest absolute Gasteiger partial charge is 0.329 e. The van der Waals surface area contributed by atoms with Gasteiger partial charge in [0, 0.05) is 13.1 Å². The van der Waals surface area contributed by atoms with Crippen molar-refractivity contribution < 1.29 is 14.7 Å². The van der Waals surface area contributed by atoms with E-state index in [1.54, 1.807) is 13.8 Å². The Balaban J connectivity index is 2.54. The Morgan fingerprint density at radius 2 is 1.95 bits per heavy atom. The van der Waals surface area contributed by atoms with E-state index in [-0.39, 0.29) is 12.5 Å². The summed E-state index contributed by atoms with van der Waals surface area (Å²) in [5.41, 5.74) is -1.12. The lowest BCUT2D eigenvalue weighted by atomic mass is 9.93. The van der Waals surface area contributed by atoms with Crippen LogP contribution in [-0.2, 0) is 9.59 Å². The molecule has 6 heteroatoms. The van der Waals surface area contributed by atoms with Crippen molar-refractivity contribution in [3.63, 3.8) is 0 Å². The molecule has 0 aromatic rings. The Kier molecular flexibility index (Phi) is 6.24. The number of rotatable bonds is 6. The molecule has 1 heterocycles. The summed E-state index contributed by atoms with van der Waals surface area (Å²) in [6.45, 7) is 7.39. The topological polar surface area (TPSA) is 81.7 Å². The molecule has 110 valence electrons. The van der Waals surface area contributed by atoms with Crippen molar-refractivity contribution >= 4 is 11.9 Å². The average molecular weight is 271 g/mol. The Hall–Kier alpha value is -1.14. The third-order valence-corrected chi connectivity index (χ3v) is 3.80. The van der Waals surface area contributed by atoms with Crippen molar-refractivity contribution in [2.24, 2.45) is 0 Å². The van der Waals surface area contributed by atoms with Crippen molar-refractivity contribution in [2.45, 2.75) is 38.6 Å². The van der Waals surface area contributed by atoms with Gasteiger partial charge in [-0.05, 0) is 32.4 Å². The quantitative estimate of drug-likeness (QED) is 0.635. The second kappa shape index (κ2) is 7.45. The molecule has 1 rings (SSSR count). The van der Waals surface area contributed by atoms with Gasteiger partial charge in [-0.1, -0.05) is 13.8 Å². The maximum atomic E-state index is 12.0. The van der Waals surface area contributed by atoms with Crippen LogP contribution >= 0.6 is 0 Å². The van der Waals surface area contributed by atoms with Gasteiger partial charge in [0.25, 0.3) is 0 Å². The van der Waals surface area contributed by atoms with E-state index in [0.717, 1.165) is 32.6 Å². The Morgan fingerprint density at radius 3 is 2.53 bits per heavy atom. The van der Waals surface area contributed by atoms with E-state index >= 15 is 0 Å². The number of carbonyl (C=O) groups is 2. The van der Waals surface area contributed by atoms with Crippen molar-refractivity contribution in [1.82, 2.24) is 15.5 Å². The largest absolute Gasteiger partial charge is 0.480 e. The van der Waals surface area contributed by atoms with E-state index in [9.17, 15) is 14.7 Å². The summed E-state index contributed by atoms with van der Waals surface area (Å²) < 4.78 is 0. The molecule has 3 N–H and O–H groups in total. The first-order chi connectivity index (χ1) is 9.04. The molecule has 0 saturated carbocycles. The molecule has 1 aliphatic rings. The highest BCUT2D eigenvalue weighted by Gasteiger charge is 2.36. The number of nitrogens with zero attached hydrogens (tertiary/aromatic N) is 1. The van der Waals surface area contributed by atoms with Gasteiger partial charge in [-0.2, -0.15) is 0 Å². The van der Waals surface area contributed by atoms with Crippen LogP contribution in [-0.4, -0.2) is 60.1 Å². The van der Waals surface area contributed by atoms with Crippen LogP contribution in [0.5, 0.6) is 0 Å². The molecule has 19 heavy (non-hydrogen) atoms. The predicted molar refractivity (Wildman–Crippen MR) is 73.0 cm³/mol. The number of nitrogens with one attached hydrogen (secondary N) is 2. The van der Waals surface area contributed by atoms with Gasteiger partial charge < -0.3 is 15.7 Å². The molecule has 0 aliphatic carbocycles. The van der Waals surface area contributed by atoms with Gasteiger partial charge in [-0.3, -0.25) is 9.69 Å². The molecule has 0 unspecified atom stereocenters. The molecule has 0 radical (unpaired) electrons. The maximum Gasteiger partial charge on any atom is 0.329 e. The van der Waals surface area contributed by atoms with Crippen LogP contribution in [0.3, 0.4) is 0 Å². The van der Waals surface area contributed by atoms with Gasteiger partial charge in [-0.15, -0.1) is 0 Å². The highest BCUT2D eigenvalue weighted by atomic mass is 16.4. The summed E-state index contributed by atoms with van der Waals surface area (Å²) in [5, 5.41) is 15.3. The summed E-state index contributed by atoms with van der Waals surface area (Å²) in [5.74, 6) is -1.16. The normalized spacial score (nSPS) is 17.8. The zero-order chi connectivity index (χ0) is 14.3. The first-order valence-corrected chi connectivity index (χ1v) is 7.01. The number of amides is 1. The molecule has 1 amide bonds. The third kappa shape index (κ3) is 4.47. The number of carboxylic acid groups (broad SMARTS) is 1. The van der Waals surface area contributed by atoms with Crippen molar-refractivity contribution in [1.29, 1.82) is 0 Å². The highest BCUT2D eigenvalue weighted by molar-refractivity contribution is 5.87. The minimum Gasteiger partial charge on any atom is -0.480 e. The molecular formula is C13H25N3O3. The molecular weight excluding hydrogens is 246 g/mol. The predicted octanol–water partition coefficient (Wildman–Crippen LogP) is 0.0413. The molecule has 1 fully saturated rings. The summed E-state index contributed by atoms with van der Waals surface area (Å²) in [6.07, 6.45) is 1.80. The minimum absolute atomic E-state index is 0.201. The van der Waals surface area contributed by atoms with Crippen molar-refractivity contribution in [3.05, 3.63) is 0 Å². The number of hydrogen-bond acceptors (Lipinski definition) is 4. The van der Waals surface area contributed by atoms with Gasteiger partial charge in [0.1, 0.15) is 5.54 Å². The van der Waals surface area contributed by atoms with Crippen molar-refractivity contribution in [3.8, 4) is 0 Å². The van der Waals surface area contributed by atoms with Crippen LogP contribution < -0.4 is 10.6 Å². The molecule has 0 spiro atoms. The fourth-order valence-corrected chi connectivity index (χ4v) is 2.35. The Bertz CT molecular complexity index is 308. The third-order valence-electron chi connectivity index (χ3n) is 3.80. The van der Waals surface area contributed by atoms with Crippen LogP contribution in [0.15, 0.2) is 0 Å². The summed E-state index contributed by atoms with van der Waals surface area (Å²) in [4.78, 5) is 25.4. The number of carboxylic acids is 1. The standard InChI is InChI=1S/C13H25N3O3/c1-3-13(4-2,12(18)19)15-11(17)10-16-8-5-6-14-7-9-16/h14H,3-10H2,1-2H3,(H,15,17)(H,18,19). The monoisotopic (exact) mass is 271 g/mol. The van der Waals surface area contributed by atoms with Gasteiger partial charge in [0.05, 0.1) is 6.54 Å². The fourth-order valence-electron chi connectivity index (χ4n) is 2.35. The number of aliphatic carboxylic acids is 1.